The summed E-state index contributed by atoms with van der Waals surface area (Å²) in [6, 6.07) is 75.8. The number of carbonyl (C=O) groups excluding carboxylic acids is 2. The van der Waals surface area contributed by atoms with Crippen LogP contribution < -0.4 is 57.0 Å². The van der Waals surface area contributed by atoms with Crippen LogP contribution in [0.15, 0.2) is 218 Å². The Morgan fingerprint density at radius 1 is 0.319 bits per heavy atom. The van der Waals surface area contributed by atoms with Crippen molar-refractivity contribution in [2.75, 3.05) is 10.6 Å². The summed E-state index contributed by atoms with van der Waals surface area (Å²) in [4.78, 5) is 23.7. The number of carbonyl (C=O) groups is 2. The van der Waals surface area contributed by atoms with Crippen LogP contribution in [0.25, 0.3) is 78.7 Å². The van der Waals surface area contributed by atoms with E-state index in [1.165, 1.54) is 13.8 Å². The predicted octanol–water partition coefficient (Wildman–Crippen LogP) is 2.65. The van der Waals surface area contributed by atoms with Gasteiger partial charge in [-0.15, -0.1) is 20.5 Å². The minimum absolute atomic E-state index is 0.105. The molecular weight excluding hydrogens is 960 g/mol. The van der Waals surface area contributed by atoms with E-state index in [-0.39, 0.29) is 11.8 Å². The lowest BCUT2D eigenvalue weighted by Crippen LogP contribution is -2.68. The molecule has 2 N–H and O–H groups in total. The molecular formula is C56H44Cl2N4O10. The third-order valence-corrected chi connectivity index (χ3v) is 10.9. The molecule has 0 bridgehead atoms. The molecule has 72 heavy (non-hydrogen) atoms. The summed E-state index contributed by atoms with van der Waals surface area (Å²) in [5, 5.41) is 5.80. The number of amides is 2. The van der Waals surface area contributed by atoms with Gasteiger partial charge in [0.2, 0.25) is 46.0 Å². The van der Waals surface area contributed by atoms with Crippen molar-refractivity contribution in [3.05, 3.63) is 218 Å². The monoisotopic (exact) mass is 1000 g/mol. The van der Waals surface area contributed by atoms with Crippen LogP contribution in [0.5, 0.6) is 0 Å². The third kappa shape index (κ3) is 14.6. The van der Waals surface area contributed by atoms with E-state index >= 15 is 0 Å². The van der Waals surface area contributed by atoms with Crippen LogP contribution in [0.2, 0.25) is 0 Å². The van der Waals surface area contributed by atoms with Crippen LogP contribution in [0, 0.1) is 20.5 Å². The topological polar surface area (TPSA) is 250 Å². The number of nitrogens with zero attached hydrogens (tertiary/aromatic N) is 2. The van der Waals surface area contributed by atoms with Crippen LogP contribution in [-0.2, 0) is 9.59 Å². The Morgan fingerprint density at radius 2 is 0.542 bits per heavy atom. The second-order valence-electron chi connectivity index (χ2n) is 16.0. The van der Waals surface area contributed by atoms with Gasteiger partial charge < -0.3 is 10.6 Å². The number of hydrogen-bond donors (Lipinski definition) is 2. The van der Waals surface area contributed by atoms with Gasteiger partial charge in [0.1, 0.15) is 0 Å². The zero-order valence-corrected chi connectivity index (χ0v) is 40.0. The summed E-state index contributed by atoms with van der Waals surface area (Å²) >= 11 is 0. The van der Waals surface area contributed by atoms with Crippen LogP contribution in [0.1, 0.15) is 13.8 Å². The van der Waals surface area contributed by atoms with Crippen molar-refractivity contribution in [3.8, 4) is 78.7 Å². The number of anilines is 2. The Balaban J connectivity index is 0.000000694. The van der Waals surface area contributed by atoms with E-state index in [1.54, 1.807) is 0 Å². The smallest absolute Gasteiger partial charge is 0.221 e. The zero-order chi connectivity index (χ0) is 51.4. The number of benzene rings is 7. The lowest BCUT2D eigenvalue weighted by Gasteiger charge is -2.17. The molecule has 0 fully saturated rings. The first-order chi connectivity index (χ1) is 34.4. The van der Waals surface area contributed by atoms with Crippen molar-refractivity contribution in [1.29, 1.82) is 0 Å². The Labute approximate surface area is 419 Å². The van der Waals surface area contributed by atoms with Crippen LogP contribution in [0.4, 0.5) is 11.4 Å². The van der Waals surface area contributed by atoms with Gasteiger partial charge in [-0.2, -0.15) is 9.13 Å². The quantitative estimate of drug-likeness (QED) is 0.190. The van der Waals surface area contributed by atoms with Gasteiger partial charge in [-0.1, -0.05) is 97.1 Å². The molecule has 0 aliphatic carbocycles. The molecule has 16 heteroatoms. The van der Waals surface area contributed by atoms with Gasteiger partial charge in [-0.3, -0.25) is 9.59 Å². The zero-order valence-electron chi connectivity index (χ0n) is 38.5. The highest BCUT2D eigenvalue weighted by molar-refractivity contribution is 5.89. The Kier molecular flexibility index (Phi) is 16.8. The van der Waals surface area contributed by atoms with Crippen molar-refractivity contribution in [3.63, 3.8) is 0 Å². The molecule has 0 atom stereocenters. The number of pyridine rings is 2. The van der Waals surface area contributed by atoms with E-state index in [4.69, 9.17) is 37.3 Å². The fourth-order valence-electron chi connectivity index (χ4n) is 8.01. The lowest BCUT2D eigenvalue weighted by atomic mass is 9.95. The number of halogens is 2. The van der Waals surface area contributed by atoms with Gasteiger partial charge in [0.25, 0.3) is 0 Å². The standard InChI is InChI=1S/C56H42N4O2.2ClHO4/c1-39(61)57-49-27-31-51(32-28-49)59-53(43-15-7-3-8-16-43)35-47(36-54(59)44-17-9-4-10-18-44)41-23-25-42(26-24-41)48-37-55(45-19-11-5-12-20-45)60(56(38-48)46-21-13-6-14-22-46)52-33-29-50(30-34-52)58-40(2)62;2*2-1(3,4)5/h3-38H,1-2H3;2*(H,2,3,4,5). The molecule has 2 amide bonds. The molecule has 7 aromatic carbocycles. The van der Waals surface area contributed by atoms with Crippen LogP contribution in [0.3, 0.4) is 0 Å². The first kappa shape index (κ1) is 51.9. The third-order valence-electron chi connectivity index (χ3n) is 10.9. The maximum atomic E-state index is 11.8. The molecule has 2 aromatic heterocycles. The fourth-order valence-corrected chi connectivity index (χ4v) is 8.01. The molecule has 9 aromatic rings. The molecule has 14 nitrogen and oxygen atoms in total. The molecule has 0 radical (unpaired) electrons. The van der Waals surface area contributed by atoms with Gasteiger partial charge in [-0.25, -0.2) is 37.3 Å². The van der Waals surface area contributed by atoms with Crippen molar-refractivity contribution in [2.24, 2.45) is 0 Å². The number of nitrogens with one attached hydrogen (secondary N) is 2. The maximum Gasteiger partial charge on any atom is 0.221 e. The van der Waals surface area contributed by atoms with Crippen molar-refractivity contribution in [1.82, 2.24) is 0 Å². The Bertz CT molecular complexity index is 2900. The average Bonchev–Trinajstić information content (AvgIpc) is 3.36. The van der Waals surface area contributed by atoms with E-state index < -0.39 is 20.5 Å². The van der Waals surface area contributed by atoms with Gasteiger partial charge in [0, 0.05) is 96.0 Å². The van der Waals surface area contributed by atoms with Crippen molar-refractivity contribution < 1.29 is 76.5 Å². The predicted molar refractivity (Wildman–Crippen MR) is 251 cm³/mol. The van der Waals surface area contributed by atoms with E-state index in [9.17, 15) is 9.59 Å². The van der Waals surface area contributed by atoms with E-state index in [0.29, 0.717) is 0 Å². The first-order valence-corrected chi connectivity index (χ1v) is 24.4. The Hall–Kier alpha value is -7.96. The molecule has 0 spiro atoms. The molecule has 0 aliphatic rings. The summed E-state index contributed by atoms with van der Waals surface area (Å²) in [6.07, 6.45) is 0. The highest BCUT2D eigenvalue weighted by atomic mass is 35.7. The highest BCUT2D eigenvalue weighted by Crippen LogP contribution is 2.35. The molecule has 0 aliphatic heterocycles. The summed E-state index contributed by atoms with van der Waals surface area (Å²) in [7, 11) is -9.89. The summed E-state index contributed by atoms with van der Waals surface area (Å²) in [5.41, 5.74) is 16.3. The van der Waals surface area contributed by atoms with E-state index in [1.807, 2.05) is 48.5 Å². The highest BCUT2D eigenvalue weighted by Gasteiger charge is 2.27. The average molecular weight is 1000 g/mol. The SMILES string of the molecule is CC(=O)Nc1ccc(-[n+]2c(-c3ccccc3)cc(-c3ccc(-c4cc(-c5ccccc5)[n+](-c5ccc(NC(C)=O)cc5)c(-c5ccccc5)c4)cc3)cc2-c2ccccc2)cc1.[O-][Cl+3]([O-])([O-])[O-].[O-][Cl+3]([O-])([O-])[O-]. The summed E-state index contributed by atoms with van der Waals surface area (Å²) < 4.78 is 72.5. The maximum absolute atomic E-state index is 11.8. The molecule has 362 valence electrons. The van der Waals surface area contributed by atoms with Gasteiger partial charge >= 0.3 is 0 Å². The number of rotatable bonds is 10. The number of aromatic nitrogens is 2. The minimum atomic E-state index is -4.94. The lowest BCUT2D eigenvalue weighted by molar-refractivity contribution is -2.00. The van der Waals surface area contributed by atoms with Crippen molar-refractivity contribution >= 4 is 23.2 Å². The summed E-state index contributed by atoms with van der Waals surface area (Å²) in [5.74, 6) is -0.210. The minimum Gasteiger partial charge on any atom is -0.326 e. The van der Waals surface area contributed by atoms with Crippen LogP contribution in [-0.4, -0.2) is 11.8 Å². The summed E-state index contributed by atoms with van der Waals surface area (Å²) in [6.45, 7) is 3.04. The van der Waals surface area contributed by atoms with Gasteiger partial charge in [-0.05, 0) is 95.1 Å². The molecule has 0 unspecified atom stereocenters. The molecule has 2 heterocycles. The van der Waals surface area contributed by atoms with E-state index in [0.717, 1.165) is 90.0 Å². The Morgan fingerprint density at radius 3 is 0.750 bits per heavy atom. The van der Waals surface area contributed by atoms with Crippen LogP contribution >= 0.6 is 0 Å². The molecule has 0 saturated heterocycles. The largest absolute Gasteiger partial charge is 0.326 e. The first-order valence-electron chi connectivity index (χ1n) is 21.9. The fraction of sp³-hybridized carbons (Fsp3) is 0.0357. The second kappa shape index (κ2) is 23.3. The normalized spacial score (nSPS) is 11.0. The number of hydrogen-bond acceptors (Lipinski definition) is 10. The molecule has 9 rings (SSSR count). The van der Waals surface area contributed by atoms with Gasteiger partial charge in [0.15, 0.2) is 0 Å². The van der Waals surface area contributed by atoms with Gasteiger partial charge in [0.05, 0.1) is 0 Å². The molecule has 0 saturated carbocycles. The van der Waals surface area contributed by atoms with E-state index in [2.05, 4.69) is 190 Å². The second-order valence-corrected chi connectivity index (χ2v) is 17.5. The van der Waals surface area contributed by atoms with Crippen molar-refractivity contribution in [2.45, 2.75) is 13.8 Å².